The predicted molar refractivity (Wildman–Crippen MR) is 191 cm³/mol. The molecule has 53 heavy (non-hydrogen) atoms. The molecule has 3 aromatic carbocycles. The van der Waals surface area contributed by atoms with Gasteiger partial charge in [0.1, 0.15) is 23.8 Å². The molecule has 0 spiro atoms. The van der Waals surface area contributed by atoms with Gasteiger partial charge in [-0.3, -0.25) is 19.2 Å². The number of likely N-dealkylation sites (N-methyl/N-ethyl adjacent to an activating group) is 1. The number of nitrogens with zero attached hydrogens (tertiary/aromatic N) is 4. The average molecular weight is 730 g/mol. The van der Waals surface area contributed by atoms with Gasteiger partial charge in [0.15, 0.2) is 28.7 Å². The van der Waals surface area contributed by atoms with Crippen LogP contribution in [0.1, 0.15) is 73.3 Å². The van der Waals surface area contributed by atoms with Crippen LogP contribution in [0.25, 0.3) is 0 Å². The number of aliphatic hydroxyl groups is 3. The Kier molecular flexibility index (Phi) is 16.2. The van der Waals surface area contributed by atoms with Crippen LogP contribution in [0.4, 0.5) is 11.4 Å². The number of benzene rings is 3. The van der Waals surface area contributed by atoms with Crippen molar-refractivity contribution in [3.8, 4) is 0 Å². The summed E-state index contributed by atoms with van der Waals surface area (Å²) in [5, 5.41) is 46.4. The largest absolute Gasteiger partial charge is 0.510 e. The summed E-state index contributed by atoms with van der Waals surface area (Å²) in [4.78, 5) is 70.5. The smallest absolute Gasteiger partial charge is 0.340 e. The van der Waals surface area contributed by atoms with E-state index in [9.17, 15) is 39.0 Å². The molecule has 0 radical (unpaired) electrons. The van der Waals surface area contributed by atoms with Gasteiger partial charge in [-0.25, -0.2) is 9.59 Å². The SMILES string of the molecule is CNC(=O)C(N=Nc1cc(C(C)=O)ccc1C(=O)CO)=C(C)O.COC(=O)c1ccc(C(=O)OC)c(N=NC(C(C)=O)=C(O)Cc2ccc(C)cc2)c1. The highest BCUT2D eigenvalue weighted by molar-refractivity contribution is 6.04. The van der Waals surface area contributed by atoms with Gasteiger partial charge in [0, 0.05) is 31.5 Å². The van der Waals surface area contributed by atoms with E-state index >= 15 is 0 Å². The molecule has 0 aliphatic carbocycles. The minimum absolute atomic E-state index is 0.00774. The summed E-state index contributed by atoms with van der Waals surface area (Å²) in [6, 6.07) is 15.5. The number of rotatable bonds is 13. The highest BCUT2D eigenvalue weighted by atomic mass is 16.5. The van der Waals surface area contributed by atoms with E-state index < -0.39 is 36.0 Å². The normalized spacial score (nSPS) is 11.8. The number of aliphatic hydroxyl groups excluding tert-OH is 3. The fourth-order valence-corrected chi connectivity index (χ4v) is 4.22. The van der Waals surface area contributed by atoms with Gasteiger partial charge in [-0.15, -0.1) is 20.5 Å². The van der Waals surface area contributed by atoms with Crippen LogP contribution in [-0.2, 0) is 25.5 Å². The van der Waals surface area contributed by atoms with E-state index in [1.54, 1.807) is 0 Å². The summed E-state index contributed by atoms with van der Waals surface area (Å²) < 4.78 is 9.37. The molecule has 4 N–H and O–H groups in total. The van der Waals surface area contributed by atoms with Crippen molar-refractivity contribution in [1.82, 2.24) is 5.32 Å². The minimum atomic E-state index is -0.737. The number of aryl methyl sites for hydroxylation is 1. The van der Waals surface area contributed by atoms with Crippen molar-refractivity contribution in [2.75, 3.05) is 27.9 Å². The zero-order valence-corrected chi connectivity index (χ0v) is 30.1. The third-order valence-corrected chi connectivity index (χ3v) is 7.07. The van der Waals surface area contributed by atoms with Crippen LogP contribution in [-0.4, -0.2) is 78.4 Å². The Hall–Kier alpha value is -6.68. The van der Waals surface area contributed by atoms with Crippen molar-refractivity contribution < 1.29 is 53.6 Å². The zero-order valence-electron chi connectivity index (χ0n) is 30.1. The molecule has 0 saturated carbocycles. The molecule has 0 aromatic heterocycles. The van der Waals surface area contributed by atoms with Crippen molar-refractivity contribution in [2.24, 2.45) is 20.5 Å². The number of amides is 1. The van der Waals surface area contributed by atoms with Gasteiger partial charge in [-0.1, -0.05) is 35.9 Å². The van der Waals surface area contributed by atoms with Crippen LogP contribution >= 0.6 is 0 Å². The number of allylic oxidation sites excluding steroid dienone is 3. The van der Waals surface area contributed by atoms with Crippen LogP contribution in [0.2, 0.25) is 0 Å². The van der Waals surface area contributed by atoms with Crippen LogP contribution < -0.4 is 5.32 Å². The van der Waals surface area contributed by atoms with E-state index in [0.29, 0.717) is 5.56 Å². The molecule has 0 fully saturated rings. The Bertz CT molecular complexity index is 2010. The van der Waals surface area contributed by atoms with E-state index in [1.165, 1.54) is 78.4 Å². The summed E-state index contributed by atoms with van der Waals surface area (Å²) in [5.41, 5.74) is 1.78. The second kappa shape index (κ2) is 20.2. The lowest BCUT2D eigenvalue weighted by Gasteiger charge is -2.07. The Balaban J connectivity index is 0.000000381. The van der Waals surface area contributed by atoms with Crippen LogP contribution in [0.5, 0.6) is 0 Å². The number of azo groups is 2. The van der Waals surface area contributed by atoms with Crippen LogP contribution in [0.15, 0.2) is 104 Å². The summed E-state index contributed by atoms with van der Waals surface area (Å²) >= 11 is 0. The molecule has 1 amide bonds. The van der Waals surface area contributed by atoms with Gasteiger partial charge >= 0.3 is 11.9 Å². The first kappa shape index (κ1) is 42.5. The molecule has 16 nitrogen and oxygen atoms in total. The van der Waals surface area contributed by atoms with Crippen molar-refractivity contribution in [3.63, 3.8) is 0 Å². The molecule has 16 heteroatoms. The zero-order chi connectivity index (χ0) is 39.8. The van der Waals surface area contributed by atoms with E-state index in [4.69, 9.17) is 9.84 Å². The molecule has 0 saturated heterocycles. The topological polar surface area (TPSA) is 243 Å². The average Bonchev–Trinajstić information content (AvgIpc) is 3.14. The van der Waals surface area contributed by atoms with Gasteiger partial charge < -0.3 is 30.1 Å². The number of ketones is 3. The molecule has 3 aromatic rings. The molecule has 0 unspecified atom stereocenters. The van der Waals surface area contributed by atoms with Gasteiger partial charge in [0.2, 0.25) is 0 Å². The minimum Gasteiger partial charge on any atom is -0.510 e. The first-order chi connectivity index (χ1) is 25.1. The fraction of sp³-hybridized carbons (Fsp3) is 0.243. The fourth-order valence-electron chi connectivity index (χ4n) is 4.22. The number of ether oxygens (including phenoxy) is 2. The van der Waals surface area contributed by atoms with E-state index in [0.717, 1.165) is 11.1 Å². The second-order valence-electron chi connectivity index (χ2n) is 11.0. The van der Waals surface area contributed by atoms with Crippen molar-refractivity contribution in [2.45, 2.75) is 34.1 Å². The third kappa shape index (κ3) is 12.3. The van der Waals surface area contributed by atoms with Crippen molar-refractivity contribution in [1.29, 1.82) is 0 Å². The van der Waals surface area contributed by atoms with E-state index in [2.05, 4.69) is 30.5 Å². The number of nitrogens with one attached hydrogen (secondary N) is 1. The molecule has 3 rings (SSSR count). The maximum absolute atomic E-state index is 12.0. The summed E-state index contributed by atoms with van der Waals surface area (Å²) in [6.07, 6.45) is 0.0836. The summed E-state index contributed by atoms with van der Waals surface area (Å²) in [7, 11) is 3.78. The highest BCUT2D eigenvalue weighted by Gasteiger charge is 2.18. The van der Waals surface area contributed by atoms with Crippen LogP contribution in [0, 0.1) is 6.92 Å². The Morgan fingerprint density at radius 3 is 1.75 bits per heavy atom. The van der Waals surface area contributed by atoms with E-state index in [-0.39, 0.29) is 63.2 Å². The molecular weight excluding hydrogens is 690 g/mol. The standard InChI is InChI=1S/C22H22N2O6.C15H17N3O5/c1-13-5-7-15(8-6-13)11-19(26)20(14(2)25)24-23-18-12-16(21(27)29-3)9-10-17(18)22(28)30-4;1-8(20)10-4-5-11(13(22)7-19)12(6-10)17-18-14(9(2)21)15(23)16-3/h5-10,12,26H,11H2,1-4H3;4-6,19,21H,7H2,1-3H3,(H,16,23). The number of methoxy groups -OCH3 is 2. The third-order valence-electron chi connectivity index (χ3n) is 7.07. The first-order valence-corrected chi connectivity index (χ1v) is 15.6. The molecule has 278 valence electrons. The molecular formula is C37H39N5O11. The van der Waals surface area contributed by atoms with Gasteiger partial charge in [-0.05, 0) is 56.7 Å². The number of Topliss-reactive ketones (excluding diaryl/α,β-unsaturated/α-hetero) is 3. The molecule has 0 aliphatic heterocycles. The van der Waals surface area contributed by atoms with Gasteiger partial charge in [0.25, 0.3) is 5.91 Å². The second-order valence-corrected chi connectivity index (χ2v) is 11.0. The molecule has 0 bridgehead atoms. The lowest BCUT2D eigenvalue weighted by Crippen LogP contribution is -2.20. The van der Waals surface area contributed by atoms with E-state index in [1.807, 2.05) is 31.2 Å². The quantitative estimate of drug-likeness (QED) is 0.0527. The number of hydrogen-bond donors (Lipinski definition) is 4. The number of carbonyl (C=O) groups excluding carboxylic acids is 6. The summed E-state index contributed by atoms with van der Waals surface area (Å²) in [5.74, 6) is -3.97. The first-order valence-electron chi connectivity index (χ1n) is 15.6. The molecule has 0 atom stereocenters. The van der Waals surface area contributed by atoms with Gasteiger partial charge in [0.05, 0.1) is 31.0 Å². The lowest BCUT2D eigenvalue weighted by atomic mass is 10.0. The van der Waals surface area contributed by atoms with Crippen molar-refractivity contribution in [3.05, 3.63) is 117 Å². The number of carbonyl (C=O) groups is 6. The number of hydrogen-bond acceptors (Lipinski definition) is 15. The monoisotopic (exact) mass is 729 g/mol. The predicted octanol–water partition coefficient (Wildman–Crippen LogP) is 5.94. The Morgan fingerprint density at radius 2 is 1.25 bits per heavy atom. The maximum Gasteiger partial charge on any atom is 0.340 e. The lowest BCUT2D eigenvalue weighted by molar-refractivity contribution is -0.117. The van der Waals surface area contributed by atoms with Crippen LogP contribution in [0.3, 0.4) is 0 Å². The van der Waals surface area contributed by atoms with Crippen molar-refractivity contribution >= 4 is 46.6 Å². The maximum atomic E-state index is 12.0. The summed E-state index contributed by atoms with van der Waals surface area (Å²) in [6.45, 7) is 5.05. The highest BCUT2D eigenvalue weighted by Crippen LogP contribution is 2.26. The molecule has 0 aliphatic rings. The Labute approximate surface area is 304 Å². The van der Waals surface area contributed by atoms with Gasteiger partial charge in [-0.2, -0.15) is 0 Å². The number of esters is 2. The Morgan fingerprint density at radius 1 is 0.717 bits per heavy atom. The molecule has 0 heterocycles.